The Morgan fingerprint density at radius 2 is 1.85 bits per heavy atom. The van der Waals surface area contributed by atoms with Crippen molar-refractivity contribution in [2.75, 3.05) is 26.7 Å². The molecule has 4 rings (SSSR count). The van der Waals surface area contributed by atoms with Crippen LogP contribution in [0.1, 0.15) is 30.5 Å². The molecule has 2 aromatic rings. The predicted octanol–water partition coefficient (Wildman–Crippen LogP) is 3.74. The van der Waals surface area contributed by atoms with Crippen LogP contribution in [-0.4, -0.2) is 48.5 Å². The van der Waals surface area contributed by atoms with Crippen molar-refractivity contribution in [1.29, 1.82) is 0 Å². The first kappa shape index (κ1) is 17.0. The molecule has 2 aromatic carbocycles. The van der Waals surface area contributed by atoms with Crippen molar-refractivity contribution < 1.29 is 4.74 Å². The Balaban J connectivity index is 1.50. The lowest BCUT2D eigenvalue weighted by atomic mass is 10.0. The number of benzene rings is 2. The van der Waals surface area contributed by atoms with Gasteiger partial charge in [0.1, 0.15) is 5.75 Å². The molecular formula is C22H27N3O. The average molecular weight is 349 g/mol. The molecule has 1 fully saturated rings. The Labute approximate surface area is 156 Å². The van der Waals surface area contributed by atoms with Gasteiger partial charge in [-0.1, -0.05) is 42.5 Å². The number of nitrogens with zero attached hydrogens (tertiary/aromatic N) is 3. The molecule has 2 heterocycles. The first-order chi connectivity index (χ1) is 12.8. The largest absolute Gasteiger partial charge is 0.497 e. The second kappa shape index (κ2) is 7.40. The number of guanidine groups is 1. The fourth-order valence-corrected chi connectivity index (χ4v) is 4.01. The lowest BCUT2D eigenvalue weighted by Crippen LogP contribution is -2.35. The molecule has 136 valence electrons. The van der Waals surface area contributed by atoms with Gasteiger partial charge < -0.3 is 14.5 Å². The number of hydrogen-bond donors (Lipinski definition) is 0. The summed E-state index contributed by atoms with van der Waals surface area (Å²) in [6, 6.07) is 20.1. The number of methoxy groups -OCH3 is 1. The third-order valence-corrected chi connectivity index (χ3v) is 5.50. The summed E-state index contributed by atoms with van der Waals surface area (Å²) in [6.07, 6.45) is 2.24. The Hall–Kier alpha value is -2.49. The van der Waals surface area contributed by atoms with Gasteiger partial charge in [-0.3, -0.25) is 4.99 Å². The van der Waals surface area contributed by atoms with Gasteiger partial charge in [0.05, 0.1) is 19.7 Å². The molecule has 2 atom stereocenters. The maximum atomic E-state index is 5.32. The molecule has 0 aromatic heterocycles. The molecule has 0 radical (unpaired) electrons. The lowest BCUT2D eigenvalue weighted by Gasteiger charge is -2.25. The maximum absolute atomic E-state index is 5.32. The molecular weight excluding hydrogens is 322 g/mol. The van der Waals surface area contributed by atoms with Crippen LogP contribution in [0.5, 0.6) is 5.75 Å². The molecule has 0 N–H and O–H groups in total. The standard InChI is InChI=1S/C22H27N3O/c1-17-15-23-22-24(14-6-9-18-7-4-3-5-8-18)21(16-25(17)22)19-10-12-20(26-2)13-11-19/h3-5,7-8,10-13,17,21H,6,9,14-16H2,1-2H3/t17-,21+/m0/s1. The van der Waals surface area contributed by atoms with E-state index >= 15 is 0 Å². The first-order valence-electron chi connectivity index (χ1n) is 9.52. The van der Waals surface area contributed by atoms with Crippen molar-refractivity contribution in [2.24, 2.45) is 4.99 Å². The number of aryl methyl sites for hydroxylation is 1. The Bertz CT molecular complexity index is 757. The van der Waals surface area contributed by atoms with E-state index in [9.17, 15) is 0 Å². The monoisotopic (exact) mass is 349 g/mol. The highest BCUT2D eigenvalue weighted by Crippen LogP contribution is 2.34. The van der Waals surface area contributed by atoms with E-state index in [4.69, 9.17) is 9.73 Å². The number of ether oxygens (including phenoxy) is 1. The maximum Gasteiger partial charge on any atom is 0.197 e. The molecule has 2 aliphatic heterocycles. The van der Waals surface area contributed by atoms with Gasteiger partial charge in [0.2, 0.25) is 0 Å². The van der Waals surface area contributed by atoms with Crippen LogP contribution in [0.15, 0.2) is 59.6 Å². The van der Waals surface area contributed by atoms with Crippen LogP contribution in [0.3, 0.4) is 0 Å². The van der Waals surface area contributed by atoms with Crippen molar-refractivity contribution in [3.05, 3.63) is 65.7 Å². The summed E-state index contributed by atoms with van der Waals surface area (Å²) < 4.78 is 5.32. The van der Waals surface area contributed by atoms with Crippen LogP contribution >= 0.6 is 0 Å². The van der Waals surface area contributed by atoms with Crippen LogP contribution in [0.25, 0.3) is 0 Å². The van der Waals surface area contributed by atoms with Crippen molar-refractivity contribution in [1.82, 2.24) is 9.80 Å². The summed E-state index contributed by atoms with van der Waals surface area (Å²) in [7, 11) is 1.72. The third-order valence-electron chi connectivity index (χ3n) is 5.50. The zero-order chi connectivity index (χ0) is 17.9. The fourth-order valence-electron chi connectivity index (χ4n) is 4.01. The highest BCUT2D eigenvalue weighted by molar-refractivity contribution is 5.84. The van der Waals surface area contributed by atoms with E-state index in [1.165, 1.54) is 17.1 Å². The molecule has 4 heteroatoms. The number of aliphatic imine (C=N–C) groups is 1. The van der Waals surface area contributed by atoms with Crippen molar-refractivity contribution in [3.8, 4) is 5.75 Å². The highest BCUT2D eigenvalue weighted by Gasteiger charge is 2.40. The highest BCUT2D eigenvalue weighted by atomic mass is 16.5. The molecule has 0 unspecified atom stereocenters. The van der Waals surface area contributed by atoms with Gasteiger partial charge >= 0.3 is 0 Å². The summed E-state index contributed by atoms with van der Waals surface area (Å²) in [4.78, 5) is 9.82. The first-order valence-corrected chi connectivity index (χ1v) is 9.52. The van der Waals surface area contributed by atoms with Crippen LogP contribution < -0.4 is 4.74 Å². The van der Waals surface area contributed by atoms with E-state index in [1.807, 2.05) is 0 Å². The van der Waals surface area contributed by atoms with Gasteiger partial charge in [-0.15, -0.1) is 0 Å². The number of rotatable bonds is 6. The van der Waals surface area contributed by atoms with Gasteiger partial charge in [0, 0.05) is 19.1 Å². The van der Waals surface area contributed by atoms with Crippen LogP contribution in [0, 0.1) is 0 Å². The van der Waals surface area contributed by atoms with Crippen LogP contribution in [-0.2, 0) is 6.42 Å². The number of hydrogen-bond acceptors (Lipinski definition) is 4. The molecule has 2 aliphatic rings. The van der Waals surface area contributed by atoms with Gasteiger partial charge in [-0.2, -0.15) is 0 Å². The lowest BCUT2D eigenvalue weighted by molar-refractivity contribution is 0.326. The molecule has 0 spiro atoms. The van der Waals surface area contributed by atoms with Gasteiger partial charge in [0.15, 0.2) is 5.96 Å². The molecule has 4 nitrogen and oxygen atoms in total. The van der Waals surface area contributed by atoms with Crippen molar-refractivity contribution in [3.63, 3.8) is 0 Å². The second-order valence-corrected chi connectivity index (χ2v) is 7.21. The molecule has 1 saturated heterocycles. The Kier molecular flexibility index (Phi) is 4.83. The van der Waals surface area contributed by atoms with E-state index in [0.29, 0.717) is 12.1 Å². The minimum absolute atomic E-state index is 0.373. The second-order valence-electron chi connectivity index (χ2n) is 7.21. The minimum Gasteiger partial charge on any atom is -0.497 e. The smallest absolute Gasteiger partial charge is 0.197 e. The van der Waals surface area contributed by atoms with E-state index < -0.39 is 0 Å². The summed E-state index contributed by atoms with van der Waals surface area (Å²) in [5, 5.41) is 0. The molecule has 0 aliphatic carbocycles. The quantitative estimate of drug-likeness (QED) is 0.795. The number of fused-ring (bicyclic) bond motifs is 1. The van der Waals surface area contributed by atoms with Gasteiger partial charge in [-0.05, 0) is 43.0 Å². The molecule has 0 amide bonds. The van der Waals surface area contributed by atoms with Crippen molar-refractivity contribution in [2.45, 2.75) is 31.8 Å². The summed E-state index contributed by atoms with van der Waals surface area (Å²) in [5.41, 5.74) is 2.75. The topological polar surface area (TPSA) is 28.1 Å². The fraction of sp³-hybridized carbons (Fsp3) is 0.409. The van der Waals surface area contributed by atoms with E-state index in [0.717, 1.165) is 38.2 Å². The molecule has 26 heavy (non-hydrogen) atoms. The minimum atomic E-state index is 0.373. The zero-order valence-corrected chi connectivity index (χ0v) is 15.6. The zero-order valence-electron chi connectivity index (χ0n) is 15.6. The third kappa shape index (κ3) is 3.28. The molecule has 0 bridgehead atoms. The van der Waals surface area contributed by atoms with Gasteiger partial charge in [-0.25, -0.2) is 0 Å². The summed E-state index contributed by atoms with van der Waals surface area (Å²) in [5.74, 6) is 2.10. The van der Waals surface area contributed by atoms with E-state index in [1.54, 1.807) is 7.11 Å². The molecule has 0 saturated carbocycles. The normalized spacial score (nSPS) is 21.7. The predicted molar refractivity (Wildman–Crippen MR) is 106 cm³/mol. The summed E-state index contributed by atoms with van der Waals surface area (Å²) in [6.45, 7) is 5.25. The van der Waals surface area contributed by atoms with Crippen molar-refractivity contribution >= 4 is 5.96 Å². The Morgan fingerprint density at radius 3 is 2.58 bits per heavy atom. The average Bonchev–Trinajstić information content (AvgIpc) is 3.23. The van der Waals surface area contributed by atoms with E-state index in [2.05, 4.69) is 71.3 Å². The van der Waals surface area contributed by atoms with Crippen LogP contribution in [0.4, 0.5) is 0 Å². The summed E-state index contributed by atoms with van der Waals surface area (Å²) >= 11 is 0. The Morgan fingerprint density at radius 1 is 1.08 bits per heavy atom. The van der Waals surface area contributed by atoms with Gasteiger partial charge in [0.25, 0.3) is 0 Å². The SMILES string of the molecule is COc1ccc([C@H]2CN3C(=NC[C@@H]3C)N2CCCc2ccccc2)cc1. The van der Waals surface area contributed by atoms with E-state index in [-0.39, 0.29) is 0 Å². The van der Waals surface area contributed by atoms with Crippen LogP contribution in [0.2, 0.25) is 0 Å².